The highest BCUT2D eigenvalue weighted by Crippen LogP contribution is 2.06. The van der Waals surface area contributed by atoms with Crippen molar-refractivity contribution < 1.29 is 9.84 Å². The maximum absolute atomic E-state index is 9.49. The molecule has 0 fully saturated rings. The third-order valence-electron chi connectivity index (χ3n) is 1.81. The van der Waals surface area contributed by atoms with Crippen molar-refractivity contribution in [3.63, 3.8) is 0 Å². The second-order valence-corrected chi connectivity index (χ2v) is 3.61. The summed E-state index contributed by atoms with van der Waals surface area (Å²) in [6, 6.07) is 0. The molecule has 2 atom stereocenters. The van der Waals surface area contributed by atoms with E-state index in [9.17, 15) is 5.11 Å². The Morgan fingerprint density at radius 2 is 2.17 bits per heavy atom. The van der Waals surface area contributed by atoms with Crippen LogP contribution >= 0.6 is 0 Å². The van der Waals surface area contributed by atoms with E-state index in [2.05, 4.69) is 6.92 Å². The van der Waals surface area contributed by atoms with Gasteiger partial charge in [0.1, 0.15) is 0 Å². The molecule has 0 aromatic rings. The van der Waals surface area contributed by atoms with Crippen LogP contribution in [0.5, 0.6) is 0 Å². The SMILES string of the molecule is CCCC(C)OCC(C)(O)CN. The minimum absolute atomic E-state index is 0.216. The fourth-order valence-corrected chi connectivity index (χ4v) is 0.871. The van der Waals surface area contributed by atoms with Crippen molar-refractivity contribution >= 4 is 0 Å². The summed E-state index contributed by atoms with van der Waals surface area (Å²) >= 11 is 0. The van der Waals surface area contributed by atoms with E-state index in [-0.39, 0.29) is 12.6 Å². The van der Waals surface area contributed by atoms with Crippen molar-refractivity contribution in [2.75, 3.05) is 13.2 Å². The Morgan fingerprint density at radius 1 is 1.58 bits per heavy atom. The Balaban J connectivity index is 3.52. The van der Waals surface area contributed by atoms with Crippen LogP contribution in [0.15, 0.2) is 0 Å². The maximum Gasteiger partial charge on any atom is 0.0973 e. The van der Waals surface area contributed by atoms with Gasteiger partial charge in [0.15, 0.2) is 0 Å². The molecule has 0 spiro atoms. The van der Waals surface area contributed by atoms with Crippen LogP contribution in [0.4, 0.5) is 0 Å². The van der Waals surface area contributed by atoms with Crippen molar-refractivity contribution in [2.24, 2.45) is 5.73 Å². The van der Waals surface area contributed by atoms with E-state index >= 15 is 0 Å². The van der Waals surface area contributed by atoms with Crippen LogP contribution in [-0.2, 0) is 4.74 Å². The summed E-state index contributed by atoms with van der Waals surface area (Å²) in [5.74, 6) is 0. The summed E-state index contributed by atoms with van der Waals surface area (Å²) in [7, 11) is 0. The predicted molar refractivity (Wildman–Crippen MR) is 50.0 cm³/mol. The third kappa shape index (κ3) is 5.52. The lowest BCUT2D eigenvalue weighted by molar-refractivity contribution is -0.0546. The maximum atomic E-state index is 9.49. The molecule has 0 heterocycles. The Morgan fingerprint density at radius 3 is 2.58 bits per heavy atom. The molecule has 3 N–H and O–H groups in total. The first-order valence-electron chi connectivity index (χ1n) is 4.56. The molecule has 3 heteroatoms. The summed E-state index contributed by atoms with van der Waals surface area (Å²) in [6.45, 7) is 6.37. The number of hydrogen-bond donors (Lipinski definition) is 2. The molecule has 0 amide bonds. The van der Waals surface area contributed by atoms with Crippen molar-refractivity contribution in [3.05, 3.63) is 0 Å². The summed E-state index contributed by atoms with van der Waals surface area (Å²) in [6.07, 6.45) is 2.35. The smallest absolute Gasteiger partial charge is 0.0973 e. The lowest BCUT2D eigenvalue weighted by Gasteiger charge is -2.23. The molecule has 0 rings (SSSR count). The zero-order valence-electron chi connectivity index (χ0n) is 8.34. The monoisotopic (exact) mass is 175 g/mol. The van der Waals surface area contributed by atoms with Gasteiger partial charge in [0, 0.05) is 6.54 Å². The van der Waals surface area contributed by atoms with Gasteiger partial charge in [0.25, 0.3) is 0 Å². The highest BCUT2D eigenvalue weighted by atomic mass is 16.5. The first-order chi connectivity index (χ1) is 5.52. The fourth-order valence-electron chi connectivity index (χ4n) is 0.871. The third-order valence-corrected chi connectivity index (χ3v) is 1.81. The van der Waals surface area contributed by atoms with E-state index in [1.54, 1.807) is 6.92 Å². The van der Waals surface area contributed by atoms with Crippen LogP contribution in [-0.4, -0.2) is 30.0 Å². The highest BCUT2D eigenvalue weighted by molar-refractivity contribution is 4.72. The van der Waals surface area contributed by atoms with Gasteiger partial charge in [-0.05, 0) is 20.3 Å². The number of hydrogen-bond acceptors (Lipinski definition) is 3. The Labute approximate surface area is 74.9 Å². The number of nitrogens with two attached hydrogens (primary N) is 1. The molecule has 74 valence electrons. The van der Waals surface area contributed by atoms with E-state index in [0.29, 0.717) is 6.61 Å². The van der Waals surface area contributed by atoms with E-state index in [1.807, 2.05) is 6.92 Å². The predicted octanol–water partition coefficient (Wildman–Crippen LogP) is 0.901. The van der Waals surface area contributed by atoms with Gasteiger partial charge in [0.05, 0.1) is 18.3 Å². The molecule has 2 unspecified atom stereocenters. The minimum Gasteiger partial charge on any atom is -0.386 e. The van der Waals surface area contributed by atoms with Crippen molar-refractivity contribution in [2.45, 2.75) is 45.3 Å². The van der Waals surface area contributed by atoms with Crippen LogP contribution in [0.1, 0.15) is 33.6 Å². The molecule has 0 saturated carbocycles. The zero-order chi connectivity index (χ0) is 9.61. The molecule has 0 saturated heterocycles. The van der Waals surface area contributed by atoms with Crippen LogP contribution in [0, 0.1) is 0 Å². The largest absolute Gasteiger partial charge is 0.386 e. The first-order valence-corrected chi connectivity index (χ1v) is 4.56. The minimum atomic E-state index is -0.873. The average molecular weight is 175 g/mol. The van der Waals surface area contributed by atoms with Crippen LogP contribution in [0.3, 0.4) is 0 Å². The topological polar surface area (TPSA) is 55.5 Å². The Bertz CT molecular complexity index is 115. The molecular weight excluding hydrogens is 154 g/mol. The molecule has 0 aromatic heterocycles. The van der Waals surface area contributed by atoms with Crippen molar-refractivity contribution in [1.29, 1.82) is 0 Å². The second-order valence-electron chi connectivity index (χ2n) is 3.61. The Kier molecular flexibility index (Phi) is 5.46. The molecule has 0 aliphatic rings. The van der Waals surface area contributed by atoms with E-state index < -0.39 is 5.60 Å². The zero-order valence-corrected chi connectivity index (χ0v) is 8.34. The Hall–Kier alpha value is -0.120. The number of aliphatic hydroxyl groups is 1. The number of ether oxygens (including phenoxy) is 1. The lowest BCUT2D eigenvalue weighted by atomic mass is 10.1. The lowest BCUT2D eigenvalue weighted by Crippen LogP contribution is -2.40. The summed E-state index contributed by atoms with van der Waals surface area (Å²) < 4.78 is 5.41. The molecule has 0 radical (unpaired) electrons. The standard InChI is InChI=1S/C9H21NO2/c1-4-5-8(2)12-7-9(3,11)6-10/h8,11H,4-7,10H2,1-3H3. The average Bonchev–Trinajstić information content (AvgIpc) is 2.02. The molecule has 0 aliphatic carbocycles. The van der Waals surface area contributed by atoms with Crippen molar-refractivity contribution in [1.82, 2.24) is 0 Å². The van der Waals surface area contributed by atoms with Gasteiger partial charge >= 0.3 is 0 Å². The van der Waals surface area contributed by atoms with Gasteiger partial charge in [-0.25, -0.2) is 0 Å². The summed E-state index contributed by atoms with van der Waals surface area (Å²) in [5, 5.41) is 9.49. The van der Waals surface area contributed by atoms with Gasteiger partial charge in [-0.2, -0.15) is 0 Å². The highest BCUT2D eigenvalue weighted by Gasteiger charge is 2.19. The summed E-state index contributed by atoms with van der Waals surface area (Å²) in [4.78, 5) is 0. The van der Waals surface area contributed by atoms with Crippen LogP contribution in [0.25, 0.3) is 0 Å². The molecule has 0 aromatic carbocycles. The normalized spacial score (nSPS) is 18.8. The van der Waals surface area contributed by atoms with Crippen LogP contribution in [0.2, 0.25) is 0 Å². The molecule has 3 nitrogen and oxygen atoms in total. The van der Waals surface area contributed by atoms with Crippen molar-refractivity contribution in [3.8, 4) is 0 Å². The summed E-state index contributed by atoms with van der Waals surface area (Å²) in [5.41, 5.74) is 4.46. The molecule has 0 bridgehead atoms. The molecule has 12 heavy (non-hydrogen) atoms. The van der Waals surface area contributed by atoms with Gasteiger partial charge < -0.3 is 15.6 Å². The molecule has 0 aliphatic heterocycles. The van der Waals surface area contributed by atoms with E-state index in [4.69, 9.17) is 10.5 Å². The number of rotatable bonds is 6. The van der Waals surface area contributed by atoms with Gasteiger partial charge in [-0.3, -0.25) is 0 Å². The van der Waals surface area contributed by atoms with E-state index in [1.165, 1.54) is 0 Å². The van der Waals surface area contributed by atoms with Crippen LogP contribution < -0.4 is 5.73 Å². The van der Waals surface area contributed by atoms with Gasteiger partial charge in [0.2, 0.25) is 0 Å². The van der Waals surface area contributed by atoms with Gasteiger partial charge in [-0.1, -0.05) is 13.3 Å². The fraction of sp³-hybridized carbons (Fsp3) is 1.00. The van der Waals surface area contributed by atoms with Gasteiger partial charge in [-0.15, -0.1) is 0 Å². The quantitative estimate of drug-likeness (QED) is 0.630. The second kappa shape index (κ2) is 5.51. The first kappa shape index (κ1) is 11.9. The molecular formula is C9H21NO2. The van der Waals surface area contributed by atoms with E-state index in [0.717, 1.165) is 12.8 Å².